The molecule has 0 bridgehead atoms. The average Bonchev–Trinajstić information content (AvgIpc) is 2.18. The van der Waals surface area contributed by atoms with Crippen molar-refractivity contribution < 1.29 is 14.6 Å². The van der Waals surface area contributed by atoms with Gasteiger partial charge in [0, 0.05) is 13.2 Å². The lowest BCUT2D eigenvalue weighted by molar-refractivity contribution is 0.0503. The van der Waals surface area contributed by atoms with Crippen LogP contribution in [0.3, 0.4) is 0 Å². The van der Waals surface area contributed by atoms with Crippen LogP contribution in [-0.4, -0.2) is 25.6 Å². The molecular weight excluding hydrogens is 182 g/mol. The standard InChI is InChI=1S/C10H15NO3/c1-13-7-14-10-6-9(12)3-2-8(10)4-5-11/h2-3,6,12H,4-5,7,11H2,1H3. The summed E-state index contributed by atoms with van der Waals surface area (Å²) in [7, 11) is 1.55. The highest BCUT2D eigenvalue weighted by molar-refractivity contribution is 5.40. The third-order valence-electron chi connectivity index (χ3n) is 1.80. The van der Waals surface area contributed by atoms with Crippen molar-refractivity contribution in [2.45, 2.75) is 6.42 Å². The summed E-state index contributed by atoms with van der Waals surface area (Å²) >= 11 is 0. The average molecular weight is 197 g/mol. The molecule has 0 amide bonds. The Kier molecular flexibility index (Phi) is 4.22. The normalized spacial score (nSPS) is 10.1. The minimum atomic E-state index is 0.168. The molecule has 0 atom stereocenters. The lowest BCUT2D eigenvalue weighted by Crippen LogP contribution is -2.06. The third-order valence-corrected chi connectivity index (χ3v) is 1.80. The molecule has 0 heterocycles. The second-order valence-corrected chi connectivity index (χ2v) is 2.88. The Hall–Kier alpha value is -1.26. The van der Waals surface area contributed by atoms with E-state index in [2.05, 4.69) is 0 Å². The van der Waals surface area contributed by atoms with Crippen LogP contribution >= 0.6 is 0 Å². The molecule has 4 nitrogen and oxygen atoms in total. The van der Waals surface area contributed by atoms with Crippen LogP contribution < -0.4 is 10.5 Å². The first-order valence-corrected chi connectivity index (χ1v) is 4.41. The van der Waals surface area contributed by atoms with Crippen LogP contribution in [0.1, 0.15) is 5.56 Å². The molecule has 0 fully saturated rings. The summed E-state index contributed by atoms with van der Waals surface area (Å²) in [4.78, 5) is 0. The van der Waals surface area contributed by atoms with E-state index in [1.54, 1.807) is 25.3 Å². The smallest absolute Gasteiger partial charge is 0.188 e. The predicted octanol–water partition coefficient (Wildman–Crippen LogP) is 0.876. The second kappa shape index (κ2) is 5.47. The van der Waals surface area contributed by atoms with E-state index < -0.39 is 0 Å². The van der Waals surface area contributed by atoms with E-state index in [0.717, 1.165) is 12.0 Å². The summed E-state index contributed by atoms with van der Waals surface area (Å²) in [5.41, 5.74) is 6.42. The molecule has 1 rings (SSSR count). The highest BCUT2D eigenvalue weighted by atomic mass is 16.7. The lowest BCUT2D eigenvalue weighted by atomic mass is 10.1. The Morgan fingerprint density at radius 3 is 2.86 bits per heavy atom. The van der Waals surface area contributed by atoms with Crippen molar-refractivity contribution >= 4 is 0 Å². The van der Waals surface area contributed by atoms with Crippen LogP contribution in [-0.2, 0) is 11.2 Å². The zero-order chi connectivity index (χ0) is 10.4. The number of hydrogen-bond acceptors (Lipinski definition) is 4. The van der Waals surface area contributed by atoms with Crippen molar-refractivity contribution in [3.8, 4) is 11.5 Å². The Balaban J connectivity index is 2.79. The van der Waals surface area contributed by atoms with Gasteiger partial charge in [-0.25, -0.2) is 0 Å². The summed E-state index contributed by atoms with van der Waals surface area (Å²) in [6.07, 6.45) is 0.722. The molecular formula is C10H15NO3. The van der Waals surface area contributed by atoms with Gasteiger partial charge in [-0.1, -0.05) is 6.07 Å². The zero-order valence-electron chi connectivity index (χ0n) is 8.19. The number of benzene rings is 1. The summed E-state index contributed by atoms with van der Waals surface area (Å²) in [6.45, 7) is 0.717. The lowest BCUT2D eigenvalue weighted by Gasteiger charge is -2.10. The number of rotatable bonds is 5. The van der Waals surface area contributed by atoms with E-state index in [0.29, 0.717) is 12.3 Å². The molecule has 0 radical (unpaired) electrons. The first-order valence-electron chi connectivity index (χ1n) is 4.41. The van der Waals surface area contributed by atoms with Gasteiger partial charge in [-0.05, 0) is 24.6 Å². The first kappa shape index (κ1) is 10.8. The van der Waals surface area contributed by atoms with Gasteiger partial charge in [-0.15, -0.1) is 0 Å². The molecule has 0 aliphatic carbocycles. The van der Waals surface area contributed by atoms with Crippen LogP contribution in [0.15, 0.2) is 18.2 Å². The summed E-state index contributed by atoms with van der Waals surface area (Å²) in [5, 5.41) is 9.25. The van der Waals surface area contributed by atoms with Crippen LogP contribution in [0.5, 0.6) is 11.5 Å². The Morgan fingerprint density at radius 1 is 1.43 bits per heavy atom. The molecule has 0 aliphatic heterocycles. The number of aromatic hydroxyl groups is 1. The highest BCUT2D eigenvalue weighted by Crippen LogP contribution is 2.24. The zero-order valence-corrected chi connectivity index (χ0v) is 8.19. The molecule has 1 aromatic carbocycles. The van der Waals surface area contributed by atoms with Gasteiger partial charge in [0.2, 0.25) is 0 Å². The minimum Gasteiger partial charge on any atom is -0.508 e. The van der Waals surface area contributed by atoms with Gasteiger partial charge in [-0.3, -0.25) is 0 Å². The Bertz CT molecular complexity index is 289. The van der Waals surface area contributed by atoms with Crippen molar-refractivity contribution in [1.29, 1.82) is 0 Å². The maximum atomic E-state index is 9.25. The van der Waals surface area contributed by atoms with E-state index in [1.807, 2.05) is 0 Å². The van der Waals surface area contributed by atoms with Crippen LogP contribution in [0.25, 0.3) is 0 Å². The van der Waals surface area contributed by atoms with Crippen LogP contribution in [0, 0.1) is 0 Å². The maximum Gasteiger partial charge on any atom is 0.188 e. The van der Waals surface area contributed by atoms with E-state index in [9.17, 15) is 5.11 Å². The van der Waals surface area contributed by atoms with Crippen molar-refractivity contribution in [2.24, 2.45) is 5.73 Å². The molecule has 78 valence electrons. The molecule has 0 saturated carbocycles. The van der Waals surface area contributed by atoms with Gasteiger partial charge in [-0.2, -0.15) is 0 Å². The predicted molar refractivity (Wildman–Crippen MR) is 53.4 cm³/mol. The largest absolute Gasteiger partial charge is 0.508 e. The van der Waals surface area contributed by atoms with Gasteiger partial charge < -0.3 is 20.3 Å². The van der Waals surface area contributed by atoms with Gasteiger partial charge in [0.1, 0.15) is 11.5 Å². The van der Waals surface area contributed by atoms with Gasteiger partial charge in [0.15, 0.2) is 6.79 Å². The Labute approximate surface area is 83.3 Å². The fraction of sp³-hybridized carbons (Fsp3) is 0.400. The van der Waals surface area contributed by atoms with Crippen LogP contribution in [0.4, 0.5) is 0 Å². The number of hydrogen-bond donors (Lipinski definition) is 2. The summed E-state index contributed by atoms with van der Waals surface area (Å²) < 4.78 is 10.1. The van der Waals surface area contributed by atoms with E-state index in [1.165, 1.54) is 0 Å². The van der Waals surface area contributed by atoms with E-state index >= 15 is 0 Å². The number of methoxy groups -OCH3 is 1. The highest BCUT2D eigenvalue weighted by Gasteiger charge is 2.03. The number of nitrogens with two attached hydrogens (primary N) is 1. The third kappa shape index (κ3) is 2.90. The van der Waals surface area contributed by atoms with Crippen molar-refractivity contribution in [2.75, 3.05) is 20.4 Å². The van der Waals surface area contributed by atoms with Crippen molar-refractivity contribution in [3.63, 3.8) is 0 Å². The van der Waals surface area contributed by atoms with Gasteiger partial charge >= 0.3 is 0 Å². The first-order chi connectivity index (χ1) is 6.77. The molecule has 0 saturated heterocycles. The SMILES string of the molecule is COCOc1cc(O)ccc1CCN. The minimum absolute atomic E-state index is 0.168. The molecule has 4 heteroatoms. The molecule has 0 aliphatic rings. The fourth-order valence-corrected chi connectivity index (χ4v) is 1.16. The van der Waals surface area contributed by atoms with E-state index in [-0.39, 0.29) is 12.5 Å². The van der Waals surface area contributed by atoms with E-state index in [4.69, 9.17) is 15.2 Å². The molecule has 0 spiro atoms. The number of ether oxygens (including phenoxy) is 2. The van der Waals surface area contributed by atoms with Crippen LogP contribution in [0.2, 0.25) is 0 Å². The molecule has 1 aromatic rings. The number of phenols is 1. The van der Waals surface area contributed by atoms with Crippen molar-refractivity contribution in [1.82, 2.24) is 0 Å². The molecule has 0 unspecified atom stereocenters. The fourth-order valence-electron chi connectivity index (χ4n) is 1.16. The second-order valence-electron chi connectivity index (χ2n) is 2.88. The molecule has 3 N–H and O–H groups in total. The summed E-state index contributed by atoms with van der Waals surface area (Å²) in [6, 6.07) is 4.97. The molecule has 0 aromatic heterocycles. The number of phenolic OH excluding ortho intramolecular Hbond substituents is 1. The maximum absolute atomic E-state index is 9.25. The van der Waals surface area contributed by atoms with Gasteiger partial charge in [0.25, 0.3) is 0 Å². The topological polar surface area (TPSA) is 64.7 Å². The summed E-state index contributed by atoms with van der Waals surface area (Å²) in [5.74, 6) is 0.800. The Morgan fingerprint density at radius 2 is 2.21 bits per heavy atom. The van der Waals surface area contributed by atoms with Gasteiger partial charge in [0.05, 0.1) is 0 Å². The monoisotopic (exact) mass is 197 g/mol. The molecule has 14 heavy (non-hydrogen) atoms. The van der Waals surface area contributed by atoms with Crippen molar-refractivity contribution in [3.05, 3.63) is 23.8 Å². The quantitative estimate of drug-likeness (QED) is 0.688.